The Morgan fingerprint density at radius 1 is 1.04 bits per heavy atom. The zero-order valence-electron chi connectivity index (χ0n) is 14.6. The summed E-state index contributed by atoms with van der Waals surface area (Å²) in [7, 11) is 1.58. The van der Waals surface area contributed by atoms with Crippen LogP contribution in [0.5, 0.6) is 11.5 Å². The largest absolute Gasteiger partial charge is 0.573 e. The molecule has 0 aliphatic heterocycles. The summed E-state index contributed by atoms with van der Waals surface area (Å²) in [6, 6.07) is 8.72. The van der Waals surface area contributed by atoms with Gasteiger partial charge in [-0.05, 0) is 42.7 Å². The van der Waals surface area contributed by atoms with Crippen LogP contribution in [0.4, 0.5) is 13.2 Å². The van der Waals surface area contributed by atoms with E-state index in [2.05, 4.69) is 17.0 Å². The number of halogens is 5. The molecule has 3 N–H and O–H groups in total. The van der Waals surface area contributed by atoms with E-state index in [0.717, 1.165) is 17.7 Å². The van der Waals surface area contributed by atoms with Gasteiger partial charge in [0, 0.05) is 21.2 Å². The first-order chi connectivity index (χ1) is 12.9. The van der Waals surface area contributed by atoms with Gasteiger partial charge in [0.1, 0.15) is 16.5 Å². The van der Waals surface area contributed by atoms with Crippen molar-refractivity contribution in [2.24, 2.45) is 5.73 Å². The minimum absolute atomic E-state index is 0.0514. The molecule has 2 aromatic carbocycles. The number of ether oxygens (including phenoxy) is 2. The van der Waals surface area contributed by atoms with Gasteiger partial charge in [-0.3, -0.25) is 5.41 Å². The van der Waals surface area contributed by atoms with Crippen LogP contribution in [0, 0.1) is 5.41 Å². The van der Waals surface area contributed by atoms with Crippen LogP contribution in [0.3, 0.4) is 0 Å². The fourth-order valence-electron chi connectivity index (χ4n) is 1.83. The fourth-order valence-corrected chi connectivity index (χ4v) is 2.75. The lowest BCUT2D eigenvalue weighted by atomic mass is 10.2. The molecule has 0 heterocycles. The number of hydrogen-bond donors (Lipinski definition) is 2. The van der Waals surface area contributed by atoms with Crippen molar-refractivity contribution < 1.29 is 22.6 Å². The second-order valence-electron chi connectivity index (χ2n) is 5.00. The van der Waals surface area contributed by atoms with E-state index in [1.807, 2.05) is 6.26 Å². The summed E-state index contributed by atoms with van der Waals surface area (Å²) in [5.41, 5.74) is 6.26. The van der Waals surface area contributed by atoms with Crippen LogP contribution in [0.1, 0.15) is 11.1 Å². The van der Waals surface area contributed by atoms with Gasteiger partial charge in [0.15, 0.2) is 0 Å². The molecule has 0 bridgehead atoms. The van der Waals surface area contributed by atoms with Crippen LogP contribution >= 0.6 is 47.2 Å². The number of nitrogens with one attached hydrogen (secondary N) is 1. The maximum Gasteiger partial charge on any atom is 0.573 e. The topological polar surface area (TPSA) is 68.3 Å². The van der Waals surface area contributed by atoms with E-state index >= 15 is 0 Å². The molecule has 28 heavy (non-hydrogen) atoms. The number of hydrogen-bond acceptors (Lipinski definition) is 5. The highest BCUT2D eigenvalue weighted by molar-refractivity contribution is 8.13. The highest BCUT2D eigenvalue weighted by atomic mass is 35.5. The molecule has 2 rings (SSSR count). The number of methoxy groups -OCH3 is 1. The van der Waals surface area contributed by atoms with Crippen molar-refractivity contribution in [1.29, 1.82) is 5.41 Å². The van der Waals surface area contributed by atoms with E-state index in [-0.39, 0.29) is 15.6 Å². The van der Waals surface area contributed by atoms with E-state index < -0.39 is 12.1 Å². The molecule has 11 heteroatoms. The van der Waals surface area contributed by atoms with Gasteiger partial charge in [-0.15, -0.1) is 24.9 Å². The first-order valence-electron chi connectivity index (χ1n) is 7.28. The average molecular weight is 471 g/mol. The SMILES string of the molecule is COc1cc(Cl)cc(C(=N)SC)c1.NC(=S)c1cc(Cl)cc(OC(F)(F)F)c1. The molecule has 0 unspecified atom stereocenters. The zero-order valence-corrected chi connectivity index (χ0v) is 17.7. The first-order valence-corrected chi connectivity index (χ1v) is 9.67. The highest BCUT2D eigenvalue weighted by Gasteiger charge is 2.31. The van der Waals surface area contributed by atoms with Crippen LogP contribution < -0.4 is 15.2 Å². The van der Waals surface area contributed by atoms with Crippen LogP contribution in [0.15, 0.2) is 36.4 Å². The molecule has 0 aliphatic rings. The number of alkyl halides is 3. The van der Waals surface area contributed by atoms with Crippen molar-refractivity contribution in [3.8, 4) is 11.5 Å². The molecule has 152 valence electrons. The van der Waals surface area contributed by atoms with Crippen molar-refractivity contribution in [3.05, 3.63) is 57.6 Å². The molecule has 2 aromatic rings. The van der Waals surface area contributed by atoms with Crippen LogP contribution in [0.2, 0.25) is 10.0 Å². The maximum absolute atomic E-state index is 11.9. The predicted molar refractivity (Wildman–Crippen MR) is 112 cm³/mol. The van der Waals surface area contributed by atoms with Crippen molar-refractivity contribution in [3.63, 3.8) is 0 Å². The number of rotatable bonds is 4. The van der Waals surface area contributed by atoms with Gasteiger partial charge >= 0.3 is 6.36 Å². The van der Waals surface area contributed by atoms with E-state index in [0.29, 0.717) is 15.8 Å². The van der Waals surface area contributed by atoms with Crippen molar-refractivity contribution in [2.75, 3.05) is 13.4 Å². The van der Waals surface area contributed by atoms with Gasteiger partial charge in [0.25, 0.3) is 0 Å². The number of thiocarbonyl (C=S) groups is 1. The Labute approximate surface area is 179 Å². The Balaban J connectivity index is 0.000000283. The molecular formula is C17H15Cl2F3N2O2S2. The Hall–Kier alpha value is -1.68. The van der Waals surface area contributed by atoms with Crippen LogP contribution in [0.25, 0.3) is 0 Å². The Bertz CT molecular complexity index is 865. The normalized spacial score (nSPS) is 10.5. The fraction of sp³-hybridized carbons (Fsp3) is 0.176. The average Bonchev–Trinajstić information content (AvgIpc) is 2.58. The summed E-state index contributed by atoms with van der Waals surface area (Å²) in [5.74, 6) is 0.235. The smallest absolute Gasteiger partial charge is 0.497 e. The summed E-state index contributed by atoms with van der Waals surface area (Å²) in [6.07, 6.45) is -2.91. The van der Waals surface area contributed by atoms with Crippen LogP contribution in [-0.4, -0.2) is 29.8 Å². The molecule has 0 fully saturated rings. The Morgan fingerprint density at radius 2 is 1.54 bits per heavy atom. The van der Waals surface area contributed by atoms with Crippen molar-refractivity contribution in [1.82, 2.24) is 0 Å². The summed E-state index contributed by atoms with van der Waals surface area (Å²) in [4.78, 5) is -0.0514. The van der Waals surface area contributed by atoms with Gasteiger partial charge in [-0.1, -0.05) is 35.4 Å². The number of thioether (sulfide) groups is 1. The Morgan fingerprint density at radius 3 is 2.00 bits per heavy atom. The van der Waals surface area contributed by atoms with Crippen LogP contribution in [-0.2, 0) is 0 Å². The summed E-state index contributed by atoms with van der Waals surface area (Å²) >= 11 is 17.4. The van der Waals surface area contributed by atoms with E-state index in [1.54, 1.807) is 25.3 Å². The predicted octanol–water partition coefficient (Wildman–Crippen LogP) is 5.91. The molecule has 0 saturated carbocycles. The molecular weight excluding hydrogens is 456 g/mol. The summed E-state index contributed by atoms with van der Waals surface area (Å²) in [6.45, 7) is 0. The first kappa shape index (κ1) is 24.4. The molecule has 0 amide bonds. The van der Waals surface area contributed by atoms with Gasteiger partial charge in [0.2, 0.25) is 0 Å². The molecule has 0 spiro atoms. The third-order valence-corrected chi connectivity index (χ3v) is 4.28. The van der Waals surface area contributed by atoms with Gasteiger partial charge in [0.05, 0.1) is 12.2 Å². The molecule has 0 radical (unpaired) electrons. The minimum atomic E-state index is -4.77. The number of benzene rings is 2. The molecule has 4 nitrogen and oxygen atoms in total. The van der Waals surface area contributed by atoms with Crippen molar-refractivity contribution >= 4 is 57.2 Å². The third kappa shape index (κ3) is 8.55. The molecule has 0 atom stereocenters. The van der Waals surface area contributed by atoms with E-state index in [9.17, 15) is 13.2 Å². The third-order valence-electron chi connectivity index (χ3n) is 2.96. The molecule has 0 saturated heterocycles. The number of nitrogens with two attached hydrogens (primary N) is 1. The van der Waals surface area contributed by atoms with Crippen molar-refractivity contribution in [2.45, 2.75) is 6.36 Å². The second-order valence-corrected chi connectivity index (χ2v) is 7.13. The standard InChI is InChI=1S/C9H10ClNOS.C8H5ClF3NOS/c1-12-8-4-6(9(11)13-2)3-7(10)5-8;9-5-1-4(7(13)15)2-6(3-5)14-8(10,11)12/h3-5,11H,1-2H3;1-3H,(H2,13,15). The Kier molecular flexibility index (Phi) is 9.35. The van der Waals surface area contributed by atoms with Gasteiger partial charge in [-0.25, -0.2) is 0 Å². The molecule has 0 aliphatic carbocycles. The highest BCUT2D eigenvalue weighted by Crippen LogP contribution is 2.27. The lowest BCUT2D eigenvalue weighted by Gasteiger charge is -2.10. The summed E-state index contributed by atoms with van der Waals surface area (Å²) in [5, 5.41) is 8.74. The quantitative estimate of drug-likeness (QED) is 0.330. The van der Waals surface area contributed by atoms with E-state index in [1.165, 1.54) is 17.8 Å². The molecule has 0 aromatic heterocycles. The lowest BCUT2D eigenvalue weighted by molar-refractivity contribution is -0.274. The zero-order chi connectivity index (χ0) is 21.5. The van der Waals surface area contributed by atoms with E-state index in [4.69, 9.17) is 39.1 Å². The maximum atomic E-state index is 11.9. The minimum Gasteiger partial charge on any atom is -0.497 e. The summed E-state index contributed by atoms with van der Waals surface area (Å²) < 4.78 is 44.3. The van der Waals surface area contributed by atoms with Gasteiger partial charge in [-0.2, -0.15) is 0 Å². The monoisotopic (exact) mass is 470 g/mol. The lowest BCUT2D eigenvalue weighted by Crippen LogP contribution is -2.18. The second kappa shape index (κ2) is 10.8. The van der Waals surface area contributed by atoms with Gasteiger partial charge < -0.3 is 15.2 Å².